The average Bonchev–Trinajstić information content (AvgIpc) is 2.35. The zero-order valence-corrected chi connectivity index (χ0v) is 10.6. The van der Waals surface area contributed by atoms with Crippen LogP contribution in [0.2, 0.25) is 0 Å². The Kier molecular flexibility index (Phi) is 6.35. The molecule has 1 N–H and O–H groups in total. The van der Waals surface area contributed by atoms with E-state index in [2.05, 4.69) is 24.1 Å². The molecule has 0 radical (unpaired) electrons. The van der Waals surface area contributed by atoms with E-state index >= 15 is 0 Å². The molecule has 0 aliphatic rings. The van der Waals surface area contributed by atoms with Crippen LogP contribution >= 0.6 is 0 Å². The van der Waals surface area contributed by atoms with Gasteiger partial charge in [-0.25, -0.2) is 4.39 Å². The molecule has 0 saturated carbocycles. The van der Waals surface area contributed by atoms with Crippen molar-refractivity contribution in [1.82, 2.24) is 5.32 Å². The minimum absolute atomic E-state index is 0.125. The molecule has 1 aromatic carbocycles. The third-order valence-corrected chi connectivity index (χ3v) is 2.63. The predicted octanol–water partition coefficient (Wildman–Crippen LogP) is 3.15. The highest BCUT2D eigenvalue weighted by Gasteiger charge is 2.10. The summed E-state index contributed by atoms with van der Waals surface area (Å²) in [6, 6.07) is 7.19. The third kappa shape index (κ3) is 5.01. The predicted molar refractivity (Wildman–Crippen MR) is 70.3 cm³/mol. The zero-order chi connectivity index (χ0) is 12.5. The highest BCUT2D eigenvalue weighted by molar-refractivity contribution is 5.19. The molecule has 1 aromatic rings. The molecule has 2 heteroatoms. The van der Waals surface area contributed by atoms with Gasteiger partial charge in [0.1, 0.15) is 5.82 Å². The molecule has 0 aliphatic heterocycles. The van der Waals surface area contributed by atoms with E-state index in [0.717, 1.165) is 24.9 Å². The molecule has 1 rings (SSSR count). The van der Waals surface area contributed by atoms with Crippen molar-refractivity contribution in [1.29, 1.82) is 0 Å². The average molecular weight is 233 g/mol. The van der Waals surface area contributed by atoms with Crippen molar-refractivity contribution in [3.63, 3.8) is 0 Å². The van der Waals surface area contributed by atoms with Crippen LogP contribution < -0.4 is 5.32 Å². The van der Waals surface area contributed by atoms with Crippen LogP contribution in [-0.2, 0) is 6.42 Å². The third-order valence-electron chi connectivity index (χ3n) is 2.63. The molecule has 1 atom stereocenters. The minimum atomic E-state index is -0.125. The highest BCUT2D eigenvalue weighted by atomic mass is 19.1. The Morgan fingerprint density at radius 1 is 1.35 bits per heavy atom. The van der Waals surface area contributed by atoms with E-state index in [1.807, 2.05) is 19.1 Å². The van der Waals surface area contributed by atoms with Gasteiger partial charge in [0.25, 0.3) is 0 Å². The van der Waals surface area contributed by atoms with Crippen LogP contribution in [0.15, 0.2) is 24.3 Å². The molecule has 1 unspecified atom stereocenters. The van der Waals surface area contributed by atoms with E-state index in [1.165, 1.54) is 6.07 Å². The summed E-state index contributed by atoms with van der Waals surface area (Å²) in [6.07, 6.45) is 2.54. The van der Waals surface area contributed by atoms with Gasteiger partial charge >= 0.3 is 0 Å². The lowest BCUT2D eigenvalue weighted by molar-refractivity contribution is 0.503. The lowest BCUT2D eigenvalue weighted by Crippen LogP contribution is -2.31. The van der Waals surface area contributed by atoms with E-state index in [-0.39, 0.29) is 11.9 Å². The van der Waals surface area contributed by atoms with Gasteiger partial charge in [-0.05, 0) is 37.9 Å². The van der Waals surface area contributed by atoms with E-state index in [4.69, 9.17) is 0 Å². The zero-order valence-electron chi connectivity index (χ0n) is 10.6. The first-order valence-electron chi connectivity index (χ1n) is 6.14. The number of halogens is 1. The second-order valence-corrected chi connectivity index (χ2v) is 4.08. The van der Waals surface area contributed by atoms with E-state index in [9.17, 15) is 4.39 Å². The fourth-order valence-corrected chi connectivity index (χ4v) is 1.72. The summed E-state index contributed by atoms with van der Waals surface area (Å²) >= 11 is 0. The van der Waals surface area contributed by atoms with Crippen LogP contribution in [0.25, 0.3) is 0 Å². The molecule has 0 bridgehead atoms. The van der Waals surface area contributed by atoms with Crippen LogP contribution in [-0.4, -0.2) is 12.6 Å². The molecule has 0 aliphatic carbocycles. The first-order valence-corrected chi connectivity index (χ1v) is 6.14. The molecule has 0 saturated heterocycles. The van der Waals surface area contributed by atoms with Crippen LogP contribution in [0, 0.1) is 17.7 Å². The largest absolute Gasteiger partial charge is 0.313 e. The van der Waals surface area contributed by atoms with Gasteiger partial charge in [-0.3, -0.25) is 0 Å². The van der Waals surface area contributed by atoms with Crippen molar-refractivity contribution in [2.45, 2.75) is 39.2 Å². The number of nitrogens with one attached hydrogen (secondary N) is 1. The van der Waals surface area contributed by atoms with Crippen LogP contribution in [0.1, 0.15) is 32.3 Å². The fourth-order valence-electron chi connectivity index (χ4n) is 1.72. The van der Waals surface area contributed by atoms with Gasteiger partial charge in [0.05, 0.1) is 0 Å². The number of rotatable bonds is 6. The smallest absolute Gasteiger partial charge is 0.126 e. The number of hydrogen-bond donors (Lipinski definition) is 1. The first kappa shape index (κ1) is 13.7. The Hall–Kier alpha value is -1.33. The fraction of sp³-hybridized carbons (Fsp3) is 0.467. The Morgan fingerprint density at radius 2 is 2.12 bits per heavy atom. The van der Waals surface area contributed by atoms with E-state index in [0.29, 0.717) is 6.42 Å². The van der Waals surface area contributed by atoms with Crippen LogP contribution in [0.4, 0.5) is 4.39 Å². The Labute approximate surface area is 103 Å². The molecular weight excluding hydrogens is 213 g/mol. The summed E-state index contributed by atoms with van der Waals surface area (Å²) in [5.74, 6) is 5.83. The van der Waals surface area contributed by atoms with Gasteiger partial charge in [-0.1, -0.05) is 25.1 Å². The van der Waals surface area contributed by atoms with Crippen LogP contribution in [0.5, 0.6) is 0 Å². The molecule has 0 heterocycles. The Morgan fingerprint density at radius 3 is 2.76 bits per heavy atom. The maximum absolute atomic E-state index is 13.5. The summed E-state index contributed by atoms with van der Waals surface area (Å²) in [4.78, 5) is 0. The van der Waals surface area contributed by atoms with Crippen molar-refractivity contribution in [2.75, 3.05) is 6.54 Å². The van der Waals surface area contributed by atoms with Gasteiger partial charge in [0.15, 0.2) is 0 Å². The molecule has 92 valence electrons. The minimum Gasteiger partial charge on any atom is -0.313 e. The maximum atomic E-state index is 13.5. The quantitative estimate of drug-likeness (QED) is 0.744. The van der Waals surface area contributed by atoms with Crippen molar-refractivity contribution in [2.24, 2.45) is 0 Å². The first-order chi connectivity index (χ1) is 8.27. The SMILES string of the molecule is CC#CCC(Cc1ccccc1F)NCCC. The standard InChI is InChI=1S/C15H20FN/c1-3-5-9-14(17-11-4-2)12-13-8-6-7-10-15(13)16/h6-8,10,14,17H,4,9,11-12H2,1-2H3. The summed E-state index contributed by atoms with van der Waals surface area (Å²) in [5.41, 5.74) is 0.763. The lowest BCUT2D eigenvalue weighted by atomic mass is 10.0. The van der Waals surface area contributed by atoms with Gasteiger partial charge in [0, 0.05) is 12.5 Å². The molecule has 1 nitrogen and oxygen atoms in total. The molecule has 0 spiro atoms. The monoisotopic (exact) mass is 233 g/mol. The molecule has 0 fully saturated rings. The topological polar surface area (TPSA) is 12.0 Å². The lowest BCUT2D eigenvalue weighted by Gasteiger charge is -2.16. The maximum Gasteiger partial charge on any atom is 0.126 e. The van der Waals surface area contributed by atoms with Crippen molar-refractivity contribution in [3.8, 4) is 11.8 Å². The summed E-state index contributed by atoms with van der Waals surface area (Å²) in [7, 11) is 0. The van der Waals surface area contributed by atoms with Gasteiger partial charge < -0.3 is 5.32 Å². The molecule has 17 heavy (non-hydrogen) atoms. The highest BCUT2D eigenvalue weighted by Crippen LogP contribution is 2.10. The Balaban J connectivity index is 2.63. The second-order valence-electron chi connectivity index (χ2n) is 4.08. The summed E-state index contributed by atoms with van der Waals surface area (Å²) in [6.45, 7) is 4.91. The Bertz CT molecular complexity index is 389. The van der Waals surface area contributed by atoms with Crippen molar-refractivity contribution < 1.29 is 4.39 Å². The van der Waals surface area contributed by atoms with E-state index < -0.39 is 0 Å². The second kappa shape index (κ2) is 7.86. The molecular formula is C15H20FN. The number of hydrogen-bond acceptors (Lipinski definition) is 1. The van der Waals surface area contributed by atoms with Gasteiger partial charge in [0.2, 0.25) is 0 Å². The molecule has 0 amide bonds. The summed E-state index contributed by atoms with van der Waals surface area (Å²) < 4.78 is 13.5. The van der Waals surface area contributed by atoms with Crippen molar-refractivity contribution >= 4 is 0 Å². The molecule has 0 aromatic heterocycles. The summed E-state index contributed by atoms with van der Waals surface area (Å²) in [5, 5.41) is 3.41. The van der Waals surface area contributed by atoms with Crippen LogP contribution in [0.3, 0.4) is 0 Å². The van der Waals surface area contributed by atoms with Gasteiger partial charge in [-0.2, -0.15) is 0 Å². The number of benzene rings is 1. The van der Waals surface area contributed by atoms with Gasteiger partial charge in [-0.15, -0.1) is 11.8 Å². The van der Waals surface area contributed by atoms with Crippen molar-refractivity contribution in [3.05, 3.63) is 35.6 Å². The normalized spacial score (nSPS) is 11.7. The van der Waals surface area contributed by atoms with E-state index in [1.54, 1.807) is 6.07 Å².